The molecule has 0 aliphatic carbocycles. The van der Waals surface area contributed by atoms with E-state index in [1.807, 2.05) is 47.8 Å². The highest BCUT2D eigenvalue weighted by atomic mass is 16.3. The molecule has 2 heterocycles. The van der Waals surface area contributed by atoms with E-state index in [1.165, 1.54) is 6.08 Å². The van der Waals surface area contributed by atoms with Crippen LogP contribution in [0.15, 0.2) is 67.3 Å². The number of imidazole rings is 1. The maximum Gasteiger partial charge on any atom is 0.191 e. The van der Waals surface area contributed by atoms with Crippen LogP contribution in [0.5, 0.6) is 5.75 Å². The molecule has 2 aromatic heterocycles. The van der Waals surface area contributed by atoms with Crippen LogP contribution < -0.4 is 0 Å². The minimum absolute atomic E-state index is 0.126. The molecule has 0 saturated heterocycles. The number of allylic oxidation sites excluding steroid dienone is 2. The third-order valence-electron chi connectivity index (χ3n) is 4.55. The lowest BCUT2D eigenvalue weighted by atomic mass is 10.1. The molecule has 0 spiro atoms. The van der Waals surface area contributed by atoms with Gasteiger partial charge in [0.25, 0.3) is 0 Å². The van der Waals surface area contributed by atoms with Crippen molar-refractivity contribution >= 4 is 28.5 Å². The summed E-state index contributed by atoms with van der Waals surface area (Å²) in [4.78, 5) is 13.0. The number of aryl methyl sites for hydroxylation is 1. The lowest BCUT2D eigenvalue weighted by Crippen LogP contribution is -2.02. The molecule has 5 nitrogen and oxygen atoms in total. The van der Waals surface area contributed by atoms with E-state index in [2.05, 4.69) is 16.2 Å². The number of hydrogen-bond donors (Lipinski definition) is 1. The number of para-hydroxylation sites is 2. The normalized spacial score (nSPS) is 11.6. The Morgan fingerprint density at radius 3 is 2.70 bits per heavy atom. The summed E-state index contributed by atoms with van der Waals surface area (Å²) in [6, 6.07) is 14.7. The fourth-order valence-corrected chi connectivity index (χ4v) is 3.40. The summed E-state index contributed by atoms with van der Waals surface area (Å²) in [5.41, 5.74) is 4.73. The number of phenolic OH excluding ortho intramolecular Hbond substituents is 1. The predicted octanol–water partition coefficient (Wildman–Crippen LogP) is 4.39. The van der Waals surface area contributed by atoms with E-state index in [9.17, 15) is 9.90 Å². The van der Waals surface area contributed by atoms with Crippen LogP contribution in [0.3, 0.4) is 0 Å². The number of rotatable bonds is 5. The van der Waals surface area contributed by atoms with Gasteiger partial charge in [-0.1, -0.05) is 36.4 Å². The topological polar surface area (TPSA) is 59.5 Å². The second-order valence-electron chi connectivity index (χ2n) is 6.38. The number of nitrogens with zero attached hydrogens (tertiary/aromatic N) is 3. The van der Waals surface area contributed by atoms with Crippen molar-refractivity contribution in [3.05, 3.63) is 84.1 Å². The van der Waals surface area contributed by atoms with Crippen LogP contribution in [0.2, 0.25) is 0 Å². The Bertz CT molecular complexity index is 1210. The van der Waals surface area contributed by atoms with Gasteiger partial charge in [0.05, 0.1) is 22.3 Å². The summed E-state index contributed by atoms with van der Waals surface area (Å²) in [5.74, 6) is 0.0405. The molecular formula is C22H19N3O2. The van der Waals surface area contributed by atoms with E-state index in [0.29, 0.717) is 17.8 Å². The molecule has 0 amide bonds. The Balaban J connectivity index is 1.87. The number of phenols is 1. The highest BCUT2D eigenvalue weighted by molar-refractivity contribution is 6.12. The molecule has 0 atom stereocenters. The molecule has 0 saturated carbocycles. The molecule has 0 fully saturated rings. The van der Waals surface area contributed by atoms with Gasteiger partial charge in [-0.15, -0.1) is 6.58 Å². The van der Waals surface area contributed by atoms with Crippen molar-refractivity contribution < 1.29 is 9.90 Å². The number of fused-ring (bicyclic) bond motifs is 3. The second kappa shape index (κ2) is 6.61. The molecule has 0 unspecified atom stereocenters. The fraction of sp³-hybridized carbons (Fsp3) is 0.0909. The zero-order chi connectivity index (χ0) is 19.0. The van der Waals surface area contributed by atoms with Gasteiger partial charge < -0.3 is 9.67 Å². The van der Waals surface area contributed by atoms with Crippen LogP contribution >= 0.6 is 0 Å². The number of aromatic nitrogens is 3. The summed E-state index contributed by atoms with van der Waals surface area (Å²) in [7, 11) is 0. The summed E-state index contributed by atoms with van der Waals surface area (Å²) in [6.07, 6.45) is 5.03. The quantitative estimate of drug-likeness (QED) is 0.327. The van der Waals surface area contributed by atoms with Gasteiger partial charge in [0.15, 0.2) is 5.78 Å². The minimum Gasteiger partial charge on any atom is -0.508 e. The number of ketones is 1. The zero-order valence-electron chi connectivity index (χ0n) is 15.0. The number of carbonyl (C=O) groups excluding carboxylic acids is 1. The van der Waals surface area contributed by atoms with Gasteiger partial charge in [0.2, 0.25) is 0 Å². The first-order chi connectivity index (χ1) is 13.1. The van der Waals surface area contributed by atoms with Gasteiger partial charge in [-0.3, -0.25) is 4.79 Å². The number of aromatic hydroxyl groups is 1. The molecule has 134 valence electrons. The standard InChI is InChI=1S/C22H19N3O2/c1-3-13-24-18-9-4-5-10-19(18)25-22(24)21(15(2)23-25)20(27)12-11-16-7-6-8-17(26)14-16/h3-12,14,26H,1,13H2,2H3. The Kier molecular flexibility index (Phi) is 4.12. The maximum absolute atomic E-state index is 13.0. The minimum atomic E-state index is -0.126. The molecule has 0 aliphatic rings. The fourth-order valence-electron chi connectivity index (χ4n) is 3.40. The molecule has 0 bridgehead atoms. The monoisotopic (exact) mass is 357 g/mol. The Morgan fingerprint density at radius 2 is 1.96 bits per heavy atom. The first kappa shape index (κ1) is 16.8. The Morgan fingerprint density at radius 1 is 1.19 bits per heavy atom. The summed E-state index contributed by atoms with van der Waals surface area (Å²) in [5, 5.41) is 14.2. The van der Waals surface area contributed by atoms with Crippen molar-refractivity contribution in [3.63, 3.8) is 0 Å². The molecule has 5 heteroatoms. The zero-order valence-corrected chi connectivity index (χ0v) is 15.0. The van der Waals surface area contributed by atoms with Gasteiger partial charge in [-0.25, -0.2) is 4.52 Å². The highest BCUT2D eigenvalue weighted by Gasteiger charge is 2.21. The molecule has 0 aliphatic heterocycles. The lowest BCUT2D eigenvalue weighted by Gasteiger charge is -2.03. The first-order valence-corrected chi connectivity index (χ1v) is 8.69. The van der Waals surface area contributed by atoms with Crippen molar-refractivity contribution in [2.24, 2.45) is 0 Å². The van der Waals surface area contributed by atoms with Crippen molar-refractivity contribution in [1.29, 1.82) is 0 Å². The third kappa shape index (κ3) is 2.83. The molecule has 0 radical (unpaired) electrons. The van der Waals surface area contributed by atoms with Crippen molar-refractivity contribution in [2.75, 3.05) is 0 Å². The number of carbonyl (C=O) groups is 1. The van der Waals surface area contributed by atoms with Crippen molar-refractivity contribution in [3.8, 4) is 5.75 Å². The summed E-state index contributed by atoms with van der Waals surface area (Å²) >= 11 is 0. The smallest absolute Gasteiger partial charge is 0.191 e. The molecule has 1 N–H and O–H groups in total. The number of benzene rings is 2. The van der Waals surface area contributed by atoms with Crippen molar-refractivity contribution in [1.82, 2.24) is 14.2 Å². The predicted molar refractivity (Wildman–Crippen MR) is 107 cm³/mol. The Labute approximate surface area is 156 Å². The molecule has 4 rings (SSSR count). The van der Waals surface area contributed by atoms with Gasteiger partial charge >= 0.3 is 0 Å². The number of hydrogen-bond acceptors (Lipinski definition) is 3. The van der Waals surface area contributed by atoms with Gasteiger partial charge in [-0.05, 0) is 42.8 Å². The van der Waals surface area contributed by atoms with E-state index in [0.717, 1.165) is 22.2 Å². The third-order valence-corrected chi connectivity index (χ3v) is 4.55. The first-order valence-electron chi connectivity index (χ1n) is 8.69. The van der Waals surface area contributed by atoms with Crippen molar-refractivity contribution in [2.45, 2.75) is 13.5 Å². The van der Waals surface area contributed by atoms with E-state index >= 15 is 0 Å². The average Bonchev–Trinajstić information content (AvgIpc) is 3.14. The van der Waals surface area contributed by atoms with Crippen LogP contribution in [0.1, 0.15) is 21.6 Å². The highest BCUT2D eigenvalue weighted by Crippen LogP contribution is 2.26. The molecule has 27 heavy (non-hydrogen) atoms. The average molecular weight is 357 g/mol. The summed E-state index contributed by atoms with van der Waals surface area (Å²) in [6.45, 7) is 6.27. The van der Waals surface area contributed by atoms with E-state index in [4.69, 9.17) is 0 Å². The summed E-state index contributed by atoms with van der Waals surface area (Å²) < 4.78 is 3.88. The lowest BCUT2D eigenvalue weighted by molar-refractivity contribution is 0.104. The van der Waals surface area contributed by atoms with Gasteiger partial charge in [-0.2, -0.15) is 5.10 Å². The Hall–Kier alpha value is -3.60. The second-order valence-corrected chi connectivity index (χ2v) is 6.38. The van der Waals surface area contributed by atoms with Crippen LogP contribution in [-0.2, 0) is 6.54 Å². The van der Waals surface area contributed by atoms with E-state index in [1.54, 1.807) is 24.3 Å². The van der Waals surface area contributed by atoms with Crippen LogP contribution in [-0.4, -0.2) is 25.1 Å². The SMILES string of the molecule is C=CCn1c2ccccc2n2nc(C)c(C(=O)C=Cc3cccc(O)c3)c12. The maximum atomic E-state index is 13.0. The van der Waals surface area contributed by atoms with Crippen LogP contribution in [0.4, 0.5) is 0 Å². The van der Waals surface area contributed by atoms with Crippen LogP contribution in [0, 0.1) is 6.92 Å². The molecule has 4 aromatic rings. The van der Waals surface area contributed by atoms with E-state index < -0.39 is 0 Å². The van der Waals surface area contributed by atoms with Gasteiger partial charge in [0.1, 0.15) is 11.4 Å². The molecule has 2 aromatic carbocycles. The van der Waals surface area contributed by atoms with Crippen LogP contribution in [0.25, 0.3) is 22.8 Å². The largest absolute Gasteiger partial charge is 0.508 e. The molecular weight excluding hydrogens is 338 g/mol. The van der Waals surface area contributed by atoms with E-state index in [-0.39, 0.29) is 11.5 Å². The van der Waals surface area contributed by atoms with Gasteiger partial charge in [0, 0.05) is 6.54 Å².